The summed E-state index contributed by atoms with van der Waals surface area (Å²) in [6, 6.07) is 1.45. The second-order valence-corrected chi connectivity index (χ2v) is 6.33. The van der Waals surface area contributed by atoms with Gasteiger partial charge in [0.1, 0.15) is 0 Å². The highest BCUT2D eigenvalue weighted by Gasteiger charge is 2.22. The topological polar surface area (TPSA) is 15.3 Å². The van der Waals surface area contributed by atoms with Gasteiger partial charge in [0, 0.05) is 18.6 Å². The van der Waals surface area contributed by atoms with Crippen LogP contribution in [-0.4, -0.2) is 36.6 Å². The lowest BCUT2D eigenvalue weighted by molar-refractivity contribution is 0.118. The minimum absolute atomic E-state index is 0.691. The second-order valence-electron chi connectivity index (χ2n) is 6.33. The summed E-state index contributed by atoms with van der Waals surface area (Å²) in [5.41, 5.74) is 0. The molecule has 1 aliphatic rings. The standard InChI is InChI=1S/C16H34N2/c1-5-6-7-8-15(4)18(14(2)3)13-16-9-11-17-12-10-16/h14-17H,5-13H2,1-4H3. The Kier molecular flexibility index (Phi) is 7.92. The van der Waals surface area contributed by atoms with Gasteiger partial charge in [-0.2, -0.15) is 0 Å². The van der Waals surface area contributed by atoms with E-state index in [1.807, 2.05) is 0 Å². The molecule has 2 nitrogen and oxygen atoms in total. The summed E-state index contributed by atoms with van der Waals surface area (Å²) < 4.78 is 0. The molecule has 0 aliphatic carbocycles. The summed E-state index contributed by atoms with van der Waals surface area (Å²) in [5, 5.41) is 3.47. The predicted molar refractivity (Wildman–Crippen MR) is 81.0 cm³/mol. The van der Waals surface area contributed by atoms with E-state index < -0.39 is 0 Å². The van der Waals surface area contributed by atoms with Gasteiger partial charge in [0.2, 0.25) is 0 Å². The molecule has 1 rings (SSSR count). The maximum Gasteiger partial charge on any atom is 0.00697 e. The lowest BCUT2D eigenvalue weighted by Gasteiger charge is -2.37. The monoisotopic (exact) mass is 254 g/mol. The molecular weight excluding hydrogens is 220 g/mol. The van der Waals surface area contributed by atoms with Crippen molar-refractivity contribution < 1.29 is 0 Å². The fraction of sp³-hybridized carbons (Fsp3) is 1.00. The van der Waals surface area contributed by atoms with Crippen LogP contribution < -0.4 is 5.32 Å². The molecule has 1 saturated heterocycles. The molecule has 1 atom stereocenters. The smallest absolute Gasteiger partial charge is 0.00697 e. The molecule has 0 aromatic heterocycles. The van der Waals surface area contributed by atoms with E-state index in [2.05, 4.69) is 37.9 Å². The number of rotatable bonds is 8. The van der Waals surface area contributed by atoms with Gasteiger partial charge >= 0.3 is 0 Å². The van der Waals surface area contributed by atoms with Crippen molar-refractivity contribution in [1.82, 2.24) is 10.2 Å². The third-order valence-corrected chi connectivity index (χ3v) is 4.38. The Morgan fingerprint density at radius 3 is 2.33 bits per heavy atom. The van der Waals surface area contributed by atoms with E-state index in [0.29, 0.717) is 6.04 Å². The van der Waals surface area contributed by atoms with E-state index in [4.69, 9.17) is 0 Å². The van der Waals surface area contributed by atoms with E-state index in [-0.39, 0.29) is 0 Å². The Morgan fingerprint density at radius 1 is 1.11 bits per heavy atom. The van der Waals surface area contributed by atoms with Gasteiger partial charge in [-0.05, 0) is 59.0 Å². The van der Waals surface area contributed by atoms with Crippen LogP contribution in [0.4, 0.5) is 0 Å². The number of nitrogens with zero attached hydrogens (tertiary/aromatic N) is 1. The van der Waals surface area contributed by atoms with Gasteiger partial charge in [-0.25, -0.2) is 0 Å². The fourth-order valence-electron chi connectivity index (χ4n) is 3.12. The molecule has 0 saturated carbocycles. The first-order valence-corrected chi connectivity index (χ1v) is 8.11. The van der Waals surface area contributed by atoms with E-state index >= 15 is 0 Å². The first-order valence-electron chi connectivity index (χ1n) is 8.11. The molecule has 1 aliphatic heterocycles. The zero-order chi connectivity index (χ0) is 13.4. The summed E-state index contributed by atoms with van der Waals surface area (Å²) >= 11 is 0. The molecule has 0 spiro atoms. The molecule has 1 N–H and O–H groups in total. The van der Waals surface area contributed by atoms with Crippen molar-refractivity contribution in [2.45, 2.75) is 78.3 Å². The van der Waals surface area contributed by atoms with Crippen LogP contribution in [0.1, 0.15) is 66.2 Å². The van der Waals surface area contributed by atoms with Gasteiger partial charge < -0.3 is 5.32 Å². The van der Waals surface area contributed by atoms with Crippen LogP contribution in [0.3, 0.4) is 0 Å². The maximum atomic E-state index is 3.47. The van der Waals surface area contributed by atoms with Crippen molar-refractivity contribution in [2.75, 3.05) is 19.6 Å². The summed E-state index contributed by atoms with van der Waals surface area (Å²) in [5.74, 6) is 0.919. The molecule has 0 radical (unpaired) electrons. The van der Waals surface area contributed by atoms with E-state index in [1.54, 1.807) is 0 Å². The summed E-state index contributed by atoms with van der Waals surface area (Å²) in [6.07, 6.45) is 8.23. The van der Waals surface area contributed by atoms with Crippen LogP contribution in [0.2, 0.25) is 0 Å². The zero-order valence-corrected chi connectivity index (χ0v) is 13.0. The average Bonchev–Trinajstić information content (AvgIpc) is 2.37. The summed E-state index contributed by atoms with van der Waals surface area (Å²) in [6.45, 7) is 13.2. The number of unbranched alkanes of at least 4 members (excludes halogenated alkanes) is 2. The van der Waals surface area contributed by atoms with Crippen LogP contribution in [0.5, 0.6) is 0 Å². The maximum absolute atomic E-state index is 3.47. The zero-order valence-electron chi connectivity index (χ0n) is 13.0. The Hall–Kier alpha value is -0.0800. The van der Waals surface area contributed by atoms with Crippen LogP contribution >= 0.6 is 0 Å². The number of hydrogen-bond donors (Lipinski definition) is 1. The van der Waals surface area contributed by atoms with Crippen molar-refractivity contribution in [3.05, 3.63) is 0 Å². The molecule has 1 heterocycles. The van der Waals surface area contributed by atoms with Gasteiger partial charge in [-0.3, -0.25) is 4.90 Å². The van der Waals surface area contributed by atoms with Crippen molar-refractivity contribution in [1.29, 1.82) is 0 Å². The van der Waals surface area contributed by atoms with Crippen molar-refractivity contribution >= 4 is 0 Å². The van der Waals surface area contributed by atoms with E-state index in [1.165, 1.54) is 58.2 Å². The Balaban J connectivity index is 2.37. The van der Waals surface area contributed by atoms with E-state index in [0.717, 1.165) is 12.0 Å². The summed E-state index contributed by atoms with van der Waals surface area (Å²) in [7, 11) is 0. The van der Waals surface area contributed by atoms with Gasteiger partial charge in [-0.1, -0.05) is 26.2 Å². The van der Waals surface area contributed by atoms with Gasteiger partial charge in [-0.15, -0.1) is 0 Å². The van der Waals surface area contributed by atoms with Gasteiger partial charge in [0.25, 0.3) is 0 Å². The minimum atomic E-state index is 0.691. The molecule has 2 heteroatoms. The summed E-state index contributed by atoms with van der Waals surface area (Å²) in [4.78, 5) is 2.74. The molecule has 18 heavy (non-hydrogen) atoms. The molecule has 1 fully saturated rings. The highest BCUT2D eigenvalue weighted by Crippen LogP contribution is 2.19. The van der Waals surface area contributed by atoms with Crippen LogP contribution in [0.15, 0.2) is 0 Å². The number of piperidine rings is 1. The molecule has 1 unspecified atom stereocenters. The van der Waals surface area contributed by atoms with Gasteiger partial charge in [0.05, 0.1) is 0 Å². The second kappa shape index (κ2) is 8.92. The molecule has 0 aromatic rings. The van der Waals surface area contributed by atoms with E-state index in [9.17, 15) is 0 Å². The minimum Gasteiger partial charge on any atom is -0.317 e. The van der Waals surface area contributed by atoms with Crippen molar-refractivity contribution in [3.63, 3.8) is 0 Å². The third kappa shape index (κ3) is 5.71. The van der Waals surface area contributed by atoms with Crippen molar-refractivity contribution in [3.8, 4) is 0 Å². The van der Waals surface area contributed by atoms with Gasteiger partial charge in [0.15, 0.2) is 0 Å². The number of nitrogens with one attached hydrogen (secondary N) is 1. The SMILES string of the molecule is CCCCCC(C)N(CC1CCNCC1)C(C)C. The Bertz CT molecular complexity index is 197. The largest absolute Gasteiger partial charge is 0.317 e. The lowest BCUT2D eigenvalue weighted by atomic mass is 9.95. The van der Waals surface area contributed by atoms with Crippen LogP contribution in [0.25, 0.3) is 0 Å². The normalized spacial score (nSPS) is 19.7. The molecule has 0 aromatic carbocycles. The highest BCUT2D eigenvalue weighted by molar-refractivity contribution is 4.77. The lowest BCUT2D eigenvalue weighted by Crippen LogP contribution is -2.44. The Labute approximate surface area is 115 Å². The quantitative estimate of drug-likeness (QED) is 0.665. The first kappa shape index (κ1) is 16.0. The Morgan fingerprint density at radius 2 is 1.78 bits per heavy atom. The highest BCUT2D eigenvalue weighted by atomic mass is 15.2. The molecular formula is C16H34N2. The predicted octanol–water partition coefficient (Wildman–Crippen LogP) is 3.67. The van der Waals surface area contributed by atoms with Crippen LogP contribution in [0, 0.1) is 5.92 Å². The van der Waals surface area contributed by atoms with Crippen molar-refractivity contribution in [2.24, 2.45) is 5.92 Å². The molecule has 0 bridgehead atoms. The third-order valence-electron chi connectivity index (χ3n) is 4.38. The first-order chi connectivity index (χ1) is 8.65. The molecule has 0 amide bonds. The molecule has 108 valence electrons. The number of hydrogen-bond acceptors (Lipinski definition) is 2. The fourth-order valence-corrected chi connectivity index (χ4v) is 3.12. The van der Waals surface area contributed by atoms with Crippen LogP contribution in [-0.2, 0) is 0 Å². The average molecular weight is 254 g/mol.